The van der Waals surface area contributed by atoms with Crippen molar-refractivity contribution >= 4 is 5.97 Å². The Kier molecular flexibility index (Phi) is 3.12. The van der Waals surface area contributed by atoms with Gasteiger partial charge in [-0.05, 0) is 18.9 Å². The van der Waals surface area contributed by atoms with Crippen LogP contribution >= 0.6 is 0 Å². The minimum absolute atomic E-state index is 0.163. The van der Waals surface area contributed by atoms with Gasteiger partial charge < -0.3 is 9.30 Å². The molecule has 1 heterocycles. The maximum absolute atomic E-state index is 11.1. The van der Waals surface area contributed by atoms with E-state index in [0.717, 1.165) is 12.0 Å². The lowest BCUT2D eigenvalue weighted by Gasteiger charge is -2.03. The Morgan fingerprint density at radius 1 is 1.62 bits per heavy atom. The second kappa shape index (κ2) is 4.12. The van der Waals surface area contributed by atoms with Crippen molar-refractivity contribution in [3.8, 4) is 5.88 Å². The van der Waals surface area contributed by atoms with E-state index in [4.69, 9.17) is 4.74 Å². The standard InChI is InChI=1S/C10H15NO2/c1-4-5-10(12)13-9-6-8(2)7-11(9)3/h6-7H,4-5H2,1-3H3. The Bertz CT molecular complexity index is 302. The van der Waals surface area contributed by atoms with Gasteiger partial charge in [-0.3, -0.25) is 4.79 Å². The molecule has 3 heteroatoms. The molecule has 1 aromatic heterocycles. The van der Waals surface area contributed by atoms with E-state index >= 15 is 0 Å². The van der Waals surface area contributed by atoms with Gasteiger partial charge in [0.25, 0.3) is 0 Å². The zero-order chi connectivity index (χ0) is 9.84. The van der Waals surface area contributed by atoms with Gasteiger partial charge >= 0.3 is 5.97 Å². The lowest BCUT2D eigenvalue weighted by Crippen LogP contribution is -2.08. The van der Waals surface area contributed by atoms with Crippen LogP contribution in [0, 0.1) is 6.92 Å². The SMILES string of the molecule is CCCC(=O)Oc1cc(C)cn1C. The van der Waals surface area contributed by atoms with Crippen molar-refractivity contribution in [3.63, 3.8) is 0 Å². The third kappa shape index (κ3) is 2.61. The summed E-state index contributed by atoms with van der Waals surface area (Å²) in [5.74, 6) is 0.458. The predicted molar refractivity (Wildman–Crippen MR) is 50.7 cm³/mol. The highest BCUT2D eigenvalue weighted by atomic mass is 16.5. The van der Waals surface area contributed by atoms with Gasteiger partial charge in [-0.2, -0.15) is 0 Å². The fourth-order valence-electron chi connectivity index (χ4n) is 1.18. The van der Waals surface area contributed by atoms with Gasteiger partial charge in [0.05, 0.1) is 0 Å². The van der Waals surface area contributed by atoms with Crippen LogP contribution in [0.25, 0.3) is 0 Å². The summed E-state index contributed by atoms with van der Waals surface area (Å²) < 4.78 is 6.94. The molecule has 0 aliphatic rings. The zero-order valence-electron chi connectivity index (χ0n) is 8.33. The highest BCUT2D eigenvalue weighted by molar-refractivity contribution is 5.71. The largest absolute Gasteiger partial charge is 0.409 e. The molecule has 0 saturated heterocycles. The van der Waals surface area contributed by atoms with Gasteiger partial charge in [-0.15, -0.1) is 0 Å². The van der Waals surface area contributed by atoms with E-state index in [-0.39, 0.29) is 5.97 Å². The molecule has 0 saturated carbocycles. The number of rotatable bonds is 3. The van der Waals surface area contributed by atoms with E-state index in [0.29, 0.717) is 12.3 Å². The van der Waals surface area contributed by atoms with E-state index in [1.165, 1.54) is 0 Å². The molecule has 0 bridgehead atoms. The summed E-state index contributed by atoms with van der Waals surface area (Å²) in [4.78, 5) is 11.1. The summed E-state index contributed by atoms with van der Waals surface area (Å²) in [6, 6.07) is 1.85. The number of aromatic nitrogens is 1. The molecule has 72 valence electrons. The monoisotopic (exact) mass is 181 g/mol. The Morgan fingerprint density at radius 2 is 2.31 bits per heavy atom. The fraction of sp³-hybridized carbons (Fsp3) is 0.500. The first-order valence-corrected chi connectivity index (χ1v) is 4.47. The molecule has 0 aliphatic heterocycles. The van der Waals surface area contributed by atoms with Crippen molar-refractivity contribution in [1.29, 1.82) is 0 Å². The van der Waals surface area contributed by atoms with Crippen LogP contribution in [-0.2, 0) is 11.8 Å². The molecule has 13 heavy (non-hydrogen) atoms. The zero-order valence-corrected chi connectivity index (χ0v) is 8.33. The Balaban J connectivity index is 2.63. The highest BCUT2D eigenvalue weighted by Crippen LogP contribution is 2.14. The third-order valence-corrected chi connectivity index (χ3v) is 1.77. The molecule has 0 aromatic carbocycles. The number of ether oxygens (including phenoxy) is 1. The molecule has 1 rings (SSSR count). The molecule has 1 aromatic rings. The van der Waals surface area contributed by atoms with Gasteiger partial charge in [0, 0.05) is 25.7 Å². The van der Waals surface area contributed by atoms with Crippen LogP contribution in [0.1, 0.15) is 25.3 Å². The lowest BCUT2D eigenvalue weighted by atomic mass is 10.3. The molecule has 0 fully saturated rings. The summed E-state index contributed by atoms with van der Waals surface area (Å²) in [6.07, 6.45) is 3.22. The Morgan fingerprint density at radius 3 is 2.77 bits per heavy atom. The smallest absolute Gasteiger partial charge is 0.312 e. The van der Waals surface area contributed by atoms with Crippen LogP contribution in [-0.4, -0.2) is 10.5 Å². The van der Waals surface area contributed by atoms with E-state index < -0.39 is 0 Å². The van der Waals surface area contributed by atoms with Crippen LogP contribution in [0.2, 0.25) is 0 Å². The van der Waals surface area contributed by atoms with Crippen molar-refractivity contribution in [2.75, 3.05) is 0 Å². The summed E-state index contributed by atoms with van der Waals surface area (Å²) in [6.45, 7) is 3.93. The third-order valence-electron chi connectivity index (χ3n) is 1.77. The molecule has 3 nitrogen and oxygen atoms in total. The van der Waals surface area contributed by atoms with Crippen molar-refractivity contribution in [2.45, 2.75) is 26.7 Å². The van der Waals surface area contributed by atoms with Gasteiger partial charge in [-0.1, -0.05) is 6.92 Å². The van der Waals surface area contributed by atoms with E-state index in [9.17, 15) is 4.79 Å². The van der Waals surface area contributed by atoms with Gasteiger partial charge in [0.15, 0.2) is 0 Å². The number of aryl methyl sites for hydroxylation is 2. The Labute approximate surface area is 78.3 Å². The van der Waals surface area contributed by atoms with Gasteiger partial charge in [0.1, 0.15) is 0 Å². The molecular formula is C10H15NO2. The molecule has 0 spiro atoms. The van der Waals surface area contributed by atoms with Crippen molar-refractivity contribution < 1.29 is 9.53 Å². The first-order valence-electron chi connectivity index (χ1n) is 4.47. The topological polar surface area (TPSA) is 31.2 Å². The van der Waals surface area contributed by atoms with Crippen molar-refractivity contribution in [2.24, 2.45) is 7.05 Å². The summed E-state index contributed by atoms with van der Waals surface area (Å²) in [5.41, 5.74) is 1.10. The Hall–Kier alpha value is -1.25. The highest BCUT2D eigenvalue weighted by Gasteiger charge is 2.06. The minimum Gasteiger partial charge on any atom is -0.409 e. The summed E-state index contributed by atoms with van der Waals surface area (Å²) >= 11 is 0. The van der Waals surface area contributed by atoms with Crippen LogP contribution in [0.3, 0.4) is 0 Å². The summed E-state index contributed by atoms with van der Waals surface area (Å²) in [5, 5.41) is 0. The van der Waals surface area contributed by atoms with Gasteiger partial charge in [-0.25, -0.2) is 0 Å². The molecule has 0 aliphatic carbocycles. The van der Waals surface area contributed by atoms with Crippen molar-refractivity contribution in [3.05, 3.63) is 17.8 Å². The lowest BCUT2D eigenvalue weighted by molar-refractivity contribution is -0.134. The molecule has 0 amide bonds. The average molecular weight is 181 g/mol. The maximum Gasteiger partial charge on any atom is 0.312 e. The van der Waals surface area contributed by atoms with Crippen LogP contribution in [0.4, 0.5) is 0 Å². The van der Waals surface area contributed by atoms with E-state index in [2.05, 4.69) is 0 Å². The quantitative estimate of drug-likeness (QED) is 0.668. The maximum atomic E-state index is 11.1. The minimum atomic E-state index is -0.163. The average Bonchev–Trinajstić information content (AvgIpc) is 2.30. The number of esters is 1. The molecule has 0 atom stereocenters. The van der Waals surface area contributed by atoms with Crippen LogP contribution in [0.15, 0.2) is 12.3 Å². The molecule has 0 N–H and O–H groups in total. The normalized spacial score (nSPS) is 10.1. The first kappa shape index (κ1) is 9.84. The molecule has 0 unspecified atom stereocenters. The van der Waals surface area contributed by atoms with E-state index in [1.807, 2.05) is 37.7 Å². The summed E-state index contributed by atoms with van der Waals surface area (Å²) in [7, 11) is 1.86. The van der Waals surface area contributed by atoms with Gasteiger partial charge in [0.2, 0.25) is 5.88 Å². The second-order valence-corrected chi connectivity index (χ2v) is 3.19. The first-order chi connectivity index (χ1) is 6.13. The van der Waals surface area contributed by atoms with Crippen LogP contribution < -0.4 is 4.74 Å². The van der Waals surface area contributed by atoms with E-state index in [1.54, 1.807) is 0 Å². The number of carbonyl (C=O) groups is 1. The number of nitrogens with zero attached hydrogens (tertiary/aromatic N) is 1. The number of carbonyl (C=O) groups excluding carboxylic acids is 1. The molecular weight excluding hydrogens is 166 g/mol. The fourth-order valence-corrected chi connectivity index (χ4v) is 1.18. The van der Waals surface area contributed by atoms with Crippen molar-refractivity contribution in [1.82, 2.24) is 4.57 Å². The van der Waals surface area contributed by atoms with Crippen LogP contribution in [0.5, 0.6) is 5.88 Å². The molecule has 0 radical (unpaired) electrons. The second-order valence-electron chi connectivity index (χ2n) is 3.19. The number of hydrogen-bond donors (Lipinski definition) is 0. The predicted octanol–water partition coefficient (Wildman–Crippen LogP) is 2.04. The number of hydrogen-bond acceptors (Lipinski definition) is 2.